The molecule has 1 aromatic heterocycles. The topological polar surface area (TPSA) is 55.6 Å². The third-order valence-corrected chi connectivity index (χ3v) is 3.59. The molecule has 0 amide bonds. The van der Waals surface area contributed by atoms with Crippen molar-refractivity contribution in [1.29, 1.82) is 0 Å². The van der Waals surface area contributed by atoms with Gasteiger partial charge in [-0.15, -0.1) is 0 Å². The van der Waals surface area contributed by atoms with Crippen LogP contribution >= 0.6 is 0 Å². The maximum Gasteiger partial charge on any atom is 0.310 e. The minimum Gasteiger partial charge on any atom is -0.466 e. The summed E-state index contributed by atoms with van der Waals surface area (Å²) >= 11 is 0. The largest absolute Gasteiger partial charge is 0.466 e. The zero-order valence-corrected chi connectivity index (χ0v) is 11.5. The molecule has 0 bridgehead atoms. The number of fused-ring (bicyclic) bond motifs is 1. The highest BCUT2D eigenvalue weighted by Crippen LogP contribution is 2.26. The van der Waals surface area contributed by atoms with E-state index in [1.54, 1.807) is 0 Å². The summed E-state index contributed by atoms with van der Waals surface area (Å²) in [4.78, 5) is 18.4. The number of aromatic nitrogens is 1. The maximum absolute atomic E-state index is 11.8. The van der Waals surface area contributed by atoms with Gasteiger partial charge in [-0.2, -0.15) is 4.98 Å². The molecule has 5 heteroatoms. The molecule has 0 spiro atoms. The van der Waals surface area contributed by atoms with E-state index in [4.69, 9.17) is 9.15 Å². The zero-order valence-electron chi connectivity index (χ0n) is 11.5. The zero-order chi connectivity index (χ0) is 13.9. The van der Waals surface area contributed by atoms with Crippen LogP contribution in [0.5, 0.6) is 0 Å². The monoisotopic (exact) mass is 274 g/mol. The Kier molecular flexibility index (Phi) is 3.58. The molecule has 1 aromatic carbocycles. The first kappa shape index (κ1) is 13.0. The Morgan fingerprint density at radius 2 is 2.35 bits per heavy atom. The molecule has 1 aliphatic heterocycles. The number of hydrogen-bond donors (Lipinski definition) is 0. The van der Waals surface area contributed by atoms with Crippen molar-refractivity contribution < 1.29 is 13.9 Å². The molecule has 2 aromatic rings. The summed E-state index contributed by atoms with van der Waals surface area (Å²) in [6, 6.07) is 8.29. The van der Waals surface area contributed by atoms with Gasteiger partial charge < -0.3 is 14.1 Å². The Bertz CT molecular complexity index is 575. The normalized spacial score (nSPS) is 19.2. The average Bonchev–Trinajstić information content (AvgIpc) is 2.91. The highest BCUT2D eigenvalue weighted by molar-refractivity contribution is 5.75. The van der Waals surface area contributed by atoms with Crippen molar-refractivity contribution in [1.82, 2.24) is 4.98 Å². The van der Waals surface area contributed by atoms with E-state index < -0.39 is 0 Å². The van der Waals surface area contributed by atoms with Crippen LogP contribution in [0, 0.1) is 5.92 Å². The molecule has 2 heterocycles. The first-order valence-electron chi connectivity index (χ1n) is 7.05. The molecule has 3 rings (SSSR count). The number of benzene rings is 1. The quantitative estimate of drug-likeness (QED) is 0.805. The van der Waals surface area contributed by atoms with Crippen LogP contribution in [0.3, 0.4) is 0 Å². The number of nitrogens with zero attached hydrogens (tertiary/aromatic N) is 2. The molecule has 0 aliphatic carbocycles. The van der Waals surface area contributed by atoms with Gasteiger partial charge in [0.1, 0.15) is 5.52 Å². The average molecular weight is 274 g/mol. The Balaban J connectivity index is 1.77. The smallest absolute Gasteiger partial charge is 0.310 e. The predicted octanol–water partition coefficient (Wildman–Crippen LogP) is 2.61. The molecule has 0 saturated carbocycles. The highest BCUT2D eigenvalue weighted by atomic mass is 16.5. The van der Waals surface area contributed by atoms with E-state index in [1.165, 1.54) is 0 Å². The van der Waals surface area contributed by atoms with E-state index in [9.17, 15) is 4.79 Å². The third kappa shape index (κ3) is 2.48. The third-order valence-electron chi connectivity index (χ3n) is 3.59. The molecule has 106 valence electrons. The minimum absolute atomic E-state index is 0.0845. The van der Waals surface area contributed by atoms with Gasteiger partial charge in [-0.1, -0.05) is 12.1 Å². The van der Waals surface area contributed by atoms with E-state index in [2.05, 4.69) is 4.98 Å². The van der Waals surface area contributed by atoms with Gasteiger partial charge in [-0.3, -0.25) is 4.79 Å². The number of carbonyl (C=O) groups excluding carboxylic acids is 1. The maximum atomic E-state index is 11.8. The van der Waals surface area contributed by atoms with Crippen molar-refractivity contribution in [3.63, 3.8) is 0 Å². The number of anilines is 1. The van der Waals surface area contributed by atoms with E-state index >= 15 is 0 Å². The minimum atomic E-state index is -0.117. The van der Waals surface area contributed by atoms with Gasteiger partial charge in [0.05, 0.1) is 12.5 Å². The van der Waals surface area contributed by atoms with Crippen LogP contribution in [0.1, 0.15) is 19.8 Å². The van der Waals surface area contributed by atoms with Gasteiger partial charge >= 0.3 is 5.97 Å². The molecule has 5 nitrogen and oxygen atoms in total. The van der Waals surface area contributed by atoms with Crippen LogP contribution in [-0.2, 0) is 9.53 Å². The molecule has 1 aliphatic rings. The fourth-order valence-electron chi connectivity index (χ4n) is 2.60. The van der Waals surface area contributed by atoms with E-state index in [0.29, 0.717) is 19.2 Å². The summed E-state index contributed by atoms with van der Waals surface area (Å²) in [5, 5.41) is 0. The van der Waals surface area contributed by atoms with Gasteiger partial charge in [-0.05, 0) is 31.9 Å². The number of hydrogen-bond acceptors (Lipinski definition) is 5. The Morgan fingerprint density at radius 1 is 1.50 bits per heavy atom. The lowest BCUT2D eigenvalue weighted by molar-refractivity contribution is -0.148. The first-order valence-corrected chi connectivity index (χ1v) is 7.05. The van der Waals surface area contributed by atoms with Crippen LogP contribution in [-0.4, -0.2) is 30.6 Å². The molecule has 1 fully saturated rings. The lowest BCUT2D eigenvalue weighted by Gasteiger charge is -2.30. The van der Waals surface area contributed by atoms with Crippen LogP contribution in [0.15, 0.2) is 28.7 Å². The second kappa shape index (κ2) is 5.53. The summed E-state index contributed by atoms with van der Waals surface area (Å²) in [7, 11) is 0. The molecule has 1 atom stereocenters. The van der Waals surface area contributed by atoms with Crippen molar-refractivity contribution >= 4 is 23.1 Å². The first-order chi connectivity index (χ1) is 9.78. The lowest BCUT2D eigenvalue weighted by Crippen LogP contribution is -2.39. The summed E-state index contributed by atoms with van der Waals surface area (Å²) in [5.41, 5.74) is 1.63. The number of carbonyl (C=O) groups is 1. The molecule has 0 N–H and O–H groups in total. The van der Waals surface area contributed by atoms with Crippen molar-refractivity contribution in [2.45, 2.75) is 19.8 Å². The fourth-order valence-corrected chi connectivity index (χ4v) is 2.60. The van der Waals surface area contributed by atoms with Crippen molar-refractivity contribution in [3.05, 3.63) is 24.3 Å². The number of oxazole rings is 1. The van der Waals surface area contributed by atoms with E-state index in [0.717, 1.165) is 30.5 Å². The SMILES string of the molecule is CCOC(=O)[C@H]1CCCN(c2nc3ccccc3o2)C1. The van der Waals surface area contributed by atoms with Crippen LogP contribution in [0.2, 0.25) is 0 Å². The fraction of sp³-hybridized carbons (Fsp3) is 0.467. The van der Waals surface area contributed by atoms with Gasteiger partial charge in [0, 0.05) is 13.1 Å². The van der Waals surface area contributed by atoms with Crippen LogP contribution < -0.4 is 4.90 Å². The van der Waals surface area contributed by atoms with Gasteiger partial charge in [0.2, 0.25) is 0 Å². The number of piperidine rings is 1. The number of para-hydroxylation sites is 2. The lowest BCUT2D eigenvalue weighted by atomic mass is 9.99. The molecular formula is C15H18N2O3. The molecule has 0 unspecified atom stereocenters. The van der Waals surface area contributed by atoms with Gasteiger partial charge in [0.15, 0.2) is 5.58 Å². The van der Waals surface area contributed by atoms with Gasteiger partial charge in [0.25, 0.3) is 6.01 Å². The number of rotatable bonds is 3. The molecule has 20 heavy (non-hydrogen) atoms. The molecule has 0 radical (unpaired) electrons. The number of ether oxygens (including phenoxy) is 1. The molecular weight excluding hydrogens is 256 g/mol. The van der Waals surface area contributed by atoms with Crippen LogP contribution in [0.4, 0.5) is 6.01 Å². The second-order valence-electron chi connectivity index (χ2n) is 5.00. The molecule has 1 saturated heterocycles. The van der Waals surface area contributed by atoms with Crippen molar-refractivity contribution in [2.24, 2.45) is 5.92 Å². The van der Waals surface area contributed by atoms with E-state index in [1.807, 2.05) is 36.1 Å². The summed E-state index contributed by atoms with van der Waals surface area (Å²) in [6.07, 6.45) is 1.82. The van der Waals surface area contributed by atoms with Crippen molar-refractivity contribution in [3.8, 4) is 0 Å². The van der Waals surface area contributed by atoms with Crippen LogP contribution in [0.25, 0.3) is 11.1 Å². The van der Waals surface area contributed by atoms with E-state index in [-0.39, 0.29) is 11.9 Å². The number of esters is 1. The standard InChI is InChI=1S/C15H18N2O3/c1-2-19-14(18)11-6-5-9-17(10-11)15-16-12-7-3-4-8-13(12)20-15/h3-4,7-8,11H,2,5-6,9-10H2,1H3/t11-/m0/s1. The Hall–Kier alpha value is -2.04. The summed E-state index contributed by atoms with van der Waals surface area (Å²) in [6.45, 7) is 3.74. The Labute approximate surface area is 117 Å². The predicted molar refractivity (Wildman–Crippen MR) is 75.6 cm³/mol. The Morgan fingerprint density at radius 3 is 3.15 bits per heavy atom. The second-order valence-corrected chi connectivity index (χ2v) is 5.00. The van der Waals surface area contributed by atoms with Crippen molar-refractivity contribution in [2.75, 3.05) is 24.6 Å². The highest BCUT2D eigenvalue weighted by Gasteiger charge is 2.29. The summed E-state index contributed by atoms with van der Waals surface area (Å²) in [5.74, 6) is -0.202. The summed E-state index contributed by atoms with van der Waals surface area (Å²) < 4.78 is 10.9. The van der Waals surface area contributed by atoms with Gasteiger partial charge in [-0.25, -0.2) is 0 Å².